The van der Waals surface area contributed by atoms with E-state index in [1.165, 1.54) is 11.0 Å². The Kier molecular flexibility index (Phi) is 5.74. The van der Waals surface area contributed by atoms with Crippen molar-refractivity contribution < 1.29 is 13.2 Å². The Hall–Kier alpha value is -1.76. The smallest absolute Gasteiger partial charge is 0.253 e. The zero-order valence-electron chi connectivity index (χ0n) is 13.1. The zero-order valence-corrected chi connectivity index (χ0v) is 15.4. The Morgan fingerprint density at radius 1 is 1.12 bits per heavy atom. The number of hydrogen-bond acceptors (Lipinski definition) is 3. The topological polar surface area (TPSA) is 66.5 Å². The van der Waals surface area contributed by atoms with Gasteiger partial charge in [-0.05, 0) is 35.9 Å². The molecule has 1 amide bonds. The first-order valence-electron chi connectivity index (χ1n) is 6.93. The molecule has 1 N–H and O–H groups in total. The Morgan fingerprint density at radius 3 is 2.46 bits per heavy atom. The van der Waals surface area contributed by atoms with E-state index in [0.29, 0.717) is 27.8 Å². The van der Waals surface area contributed by atoms with Gasteiger partial charge < -0.3 is 4.90 Å². The van der Waals surface area contributed by atoms with Crippen LogP contribution in [0.2, 0.25) is 10.0 Å². The van der Waals surface area contributed by atoms with Crippen LogP contribution in [0, 0.1) is 0 Å². The van der Waals surface area contributed by atoms with Crippen LogP contribution in [0.5, 0.6) is 0 Å². The standard InChI is InChI=1S/C16H16Cl2N2O3S/c1-20(10-11-6-7-14(17)15(18)8-11)16(21)12-4-3-5-13(9-12)19-24(2,22)23/h3-9,19H,10H2,1-2H3. The number of sulfonamides is 1. The Bertz CT molecular complexity index is 869. The maximum absolute atomic E-state index is 12.5. The quantitative estimate of drug-likeness (QED) is 0.852. The Labute approximate surface area is 151 Å². The number of amides is 1. The van der Waals surface area contributed by atoms with Gasteiger partial charge in [-0.1, -0.05) is 35.3 Å². The summed E-state index contributed by atoms with van der Waals surface area (Å²) in [6, 6.07) is 11.5. The van der Waals surface area contributed by atoms with Crippen molar-refractivity contribution in [3.8, 4) is 0 Å². The molecule has 128 valence electrons. The van der Waals surface area contributed by atoms with E-state index < -0.39 is 10.0 Å². The van der Waals surface area contributed by atoms with Crippen LogP contribution in [0.1, 0.15) is 15.9 Å². The van der Waals surface area contributed by atoms with Crippen molar-refractivity contribution in [3.05, 3.63) is 63.6 Å². The van der Waals surface area contributed by atoms with Crippen molar-refractivity contribution in [1.29, 1.82) is 0 Å². The van der Waals surface area contributed by atoms with E-state index in [1.807, 2.05) is 0 Å². The molecule has 0 aliphatic heterocycles. The van der Waals surface area contributed by atoms with Crippen LogP contribution < -0.4 is 4.72 Å². The summed E-state index contributed by atoms with van der Waals surface area (Å²) in [4.78, 5) is 14.0. The second-order valence-electron chi connectivity index (χ2n) is 5.36. The molecule has 0 aliphatic carbocycles. The van der Waals surface area contributed by atoms with Crippen LogP contribution in [0.3, 0.4) is 0 Å². The van der Waals surface area contributed by atoms with Crippen molar-refractivity contribution >= 4 is 44.8 Å². The van der Waals surface area contributed by atoms with Gasteiger partial charge in [-0.2, -0.15) is 0 Å². The van der Waals surface area contributed by atoms with Gasteiger partial charge in [0.05, 0.1) is 16.3 Å². The van der Waals surface area contributed by atoms with Crippen LogP contribution in [0.25, 0.3) is 0 Å². The first kappa shape index (κ1) is 18.6. The van der Waals surface area contributed by atoms with Crippen molar-refractivity contribution in [3.63, 3.8) is 0 Å². The lowest BCUT2D eigenvalue weighted by atomic mass is 10.1. The molecule has 0 fully saturated rings. The molecule has 0 saturated heterocycles. The molecule has 0 saturated carbocycles. The summed E-state index contributed by atoms with van der Waals surface area (Å²) in [5, 5.41) is 0.878. The van der Waals surface area contributed by atoms with Gasteiger partial charge in [-0.15, -0.1) is 0 Å². The van der Waals surface area contributed by atoms with Crippen LogP contribution in [0.4, 0.5) is 5.69 Å². The van der Waals surface area contributed by atoms with Gasteiger partial charge in [-0.3, -0.25) is 9.52 Å². The molecule has 2 aromatic carbocycles. The fraction of sp³-hybridized carbons (Fsp3) is 0.188. The number of carbonyl (C=O) groups is 1. The molecule has 2 rings (SSSR count). The number of hydrogen-bond donors (Lipinski definition) is 1. The maximum Gasteiger partial charge on any atom is 0.253 e. The molecular formula is C16H16Cl2N2O3S. The van der Waals surface area contributed by atoms with E-state index in [9.17, 15) is 13.2 Å². The molecule has 0 atom stereocenters. The van der Waals surface area contributed by atoms with E-state index in [1.54, 1.807) is 43.4 Å². The summed E-state index contributed by atoms with van der Waals surface area (Å²) in [5.41, 5.74) is 1.56. The normalized spacial score (nSPS) is 11.2. The molecule has 24 heavy (non-hydrogen) atoms. The van der Waals surface area contributed by atoms with Gasteiger partial charge in [0.25, 0.3) is 5.91 Å². The van der Waals surface area contributed by atoms with Crippen LogP contribution in [0.15, 0.2) is 42.5 Å². The number of benzene rings is 2. The summed E-state index contributed by atoms with van der Waals surface area (Å²) >= 11 is 11.9. The second-order valence-corrected chi connectivity index (χ2v) is 7.93. The molecular weight excluding hydrogens is 371 g/mol. The minimum atomic E-state index is -3.40. The zero-order chi connectivity index (χ0) is 17.9. The lowest BCUT2D eigenvalue weighted by Gasteiger charge is -2.18. The SMILES string of the molecule is CN(Cc1ccc(Cl)c(Cl)c1)C(=O)c1cccc(NS(C)(=O)=O)c1. The summed E-state index contributed by atoms with van der Waals surface area (Å²) in [6.07, 6.45) is 1.05. The minimum Gasteiger partial charge on any atom is -0.337 e. The van der Waals surface area contributed by atoms with Gasteiger partial charge in [0, 0.05) is 24.8 Å². The highest BCUT2D eigenvalue weighted by molar-refractivity contribution is 7.92. The van der Waals surface area contributed by atoms with Gasteiger partial charge in [0.15, 0.2) is 0 Å². The summed E-state index contributed by atoms with van der Waals surface area (Å²) in [6.45, 7) is 0.347. The maximum atomic E-state index is 12.5. The molecule has 0 aromatic heterocycles. The second kappa shape index (κ2) is 7.42. The Balaban J connectivity index is 2.15. The molecule has 0 unspecified atom stereocenters. The van der Waals surface area contributed by atoms with Crippen molar-refractivity contribution in [2.45, 2.75) is 6.54 Å². The number of carbonyl (C=O) groups excluding carboxylic acids is 1. The lowest BCUT2D eigenvalue weighted by molar-refractivity contribution is 0.0785. The third kappa shape index (κ3) is 5.12. The highest BCUT2D eigenvalue weighted by Crippen LogP contribution is 2.23. The first-order valence-corrected chi connectivity index (χ1v) is 9.58. The van der Waals surface area contributed by atoms with Gasteiger partial charge in [0.2, 0.25) is 10.0 Å². The van der Waals surface area contributed by atoms with E-state index in [4.69, 9.17) is 23.2 Å². The summed E-state index contributed by atoms with van der Waals surface area (Å²) < 4.78 is 24.9. The van der Waals surface area contributed by atoms with E-state index in [0.717, 1.165) is 11.8 Å². The molecule has 0 spiro atoms. The third-order valence-corrected chi connectivity index (χ3v) is 4.51. The number of anilines is 1. The molecule has 2 aromatic rings. The number of rotatable bonds is 5. The monoisotopic (exact) mass is 386 g/mol. The van der Waals surface area contributed by atoms with Crippen LogP contribution >= 0.6 is 23.2 Å². The lowest BCUT2D eigenvalue weighted by Crippen LogP contribution is -2.26. The predicted octanol–water partition coefficient (Wildman–Crippen LogP) is 3.64. The van der Waals surface area contributed by atoms with E-state index in [-0.39, 0.29) is 5.91 Å². The molecule has 8 heteroatoms. The van der Waals surface area contributed by atoms with Crippen molar-refractivity contribution in [1.82, 2.24) is 4.90 Å². The molecule has 0 radical (unpaired) electrons. The van der Waals surface area contributed by atoms with E-state index in [2.05, 4.69) is 4.72 Å². The number of nitrogens with zero attached hydrogens (tertiary/aromatic N) is 1. The number of halogens is 2. The average molecular weight is 387 g/mol. The fourth-order valence-corrected chi connectivity index (χ4v) is 3.01. The van der Waals surface area contributed by atoms with Crippen LogP contribution in [-0.4, -0.2) is 32.5 Å². The molecule has 0 aliphatic rings. The summed E-state index contributed by atoms with van der Waals surface area (Å²) in [7, 11) is -1.75. The van der Waals surface area contributed by atoms with Gasteiger partial charge in [-0.25, -0.2) is 8.42 Å². The first-order chi connectivity index (χ1) is 11.2. The van der Waals surface area contributed by atoms with Gasteiger partial charge in [0.1, 0.15) is 0 Å². The van der Waals surface area contributed by atoms with Gasteiger partial charge >= 0.3 is 0 Å². The number of nitrogens with one attached hydrogen (secondary N) is 1. The molecule has 0 heterocycles. The summed E-state index contributed by atoms with van der Waals surface area (Å²) in [5.74, 6) is -0.238. The molecule has 5 nitrogen and oxygen atoms in total. The van der Waals surface area contributed by atoms with Crippen molar-refractivity contribution in [2.75, 3.05) is 18.0 Å². The third-order valence-electron chi connectivity index (χ3n) is 3.16. The largest absolute Gasteiger partial charge is 0.337 e. The van der Waals surface area contributed by atoms with Crippen LogP contribution in [-0.2, 0) is 16.6 Å². The Morgan fingerprint density at radius 2 is 1.83 bits per heavy atom. The van der Waals surface area contributed by atoms with E-state index >= 15 is 0 Å². The minimum absolute atomic E-state index is 0.238. The predicted molar refractivity (Wildman–Crippen MR) is 97.2 cm³/mol. The average Bonchev–Trinajstić information content (AvgIpc) is 2.48. The highest BCUT2D eigenvalue weighted by Gasteiger charge is 2.14. The fourth-order valence-electron chi connectivity index (χ4n) is 2.13. The molecule has 0 bridgehead atoms. The highest BCUT2D eigenvalue weighted by atomic mass is 35.5. The van der Waals surface area contributed by atoms with Crippen molar-refractivity contribution in [2.24, 2.45) is 0 Å².